The number of pyridine rings is 1. The molecule has 0 bridgehead atoms. The van der Waals surface area contributed by atoms with E-state index in [1.165, 1.54) is 30.7 Å². The molecule has 152 valence electrons. The van der Waals surface area contributed by atoms with Gasteiger partial charge in [-0.05, 0) is 24.5 Å². The fraction of sp³-hybridized carbons (Fsp3) is 0.667. The molecule has 1 unspecified atom stereocenters. The minimum absolute atomic E-state index is 0.146. The highest BCUT2D eigenvalue weighted by molar-refractivity contribution is 5.74. The molecule has 1 saturated carbocycles. The molecule has 0 radical (unpaired) electrons. The van der Waals surface area contributed by atoms with E-state index in [9.17, 15) is 18.0 Å². The summed E-state index contributed by atoms with van der Waals surface area (Å²) in [6.07, 6.45) is 2.21. The normalized spacial score (nSPS) is 16.6. The van der Waals surface area contributed by atoms with E-state index < -0.39 is 18.8 Å². The molecule has 0 aromatic carbocycles. The number of carbonyl (C=O) groups is 1. The number of aromatic nitrogens is 1. The number of carbonyl (C=O) groups excluding carboxylic acids is 1. The van der Waals surface area contributed by atoms with Crippen LogP contribution in [-0.4, -0.2) is 55.5 Å². The van der Waals surface area contributed by atoms with Gasteiger partial charge in [-0.3, -0.25) is 0 Å². The first-order valence-electron chi connectivity index (χ1n) is 8.98. The van der Waals surface area contributed by atoms with Gasteiger partial charge >= 0.3 is 12.2 Å². The van der Waals surface area contributed by atoms with Crippen molar-refractivity contribution in [3.63, 3.8) is 0 Å². The zero-order valence-electron chi connectivity index (χ0n) is 15.6. The molecule has 1 atom stereocenters. The van der Waals surface area contributed by atoms with Crippen LogP contribution in [0.3, 0.4) is 0 Å². The summed E-state index contributed by atoms with van der Waals surface area (Å²) in [6.45, 7) is -1.23. The van der Waals surface area contributed by atoms with E-state index in [1.807, 2.05) is 0 Å². The van der Waals surface area contributed by atoms with Gasteiger partial charge in [0.15, 0.2) is 6.61 Å². The second-order valence-corrected chi connectivity index (χ2v) is 6.70. The number of likely N-dealkylation sites (N-methyl/N-ethyl adjacent to an activating group) is 1. The Hall–Kier alpha value is -2.03. The highest BCUT2D eigenvalue weighted by atomic mass is 19.4. The first-order valence-corrected chi connectivity index (χ1v) is 8.98. The quantitative estimate of drug-likeness (QED) is 0.773. The molecule has 1 aliphatic rings. The SMILES string of the molecule is COCC(c1ccnc(OCC(F)(F)F)c1)N(C)C(=O)NC1CCCCC1. The lowest BCUT2D eigenvalue weighted by Gasteiger charge is -2.31. The summed E-state index contributed by atoms with van der Waals surface area (Å²) in [5, 5.41) is 3.02. The van der Waals surface area contributed by atoms with Crippen molar-refractivity contribution in [2.75, 3.05) is 27.4 Å². The molecule has 6 nitrogen and oxygen atoms in total. The predicted molar refractivity (Wildman–Crippen MR) is 93.6 cm³/mol. The van der Waals surface area contributed by atoms with Gasteiger partial charge in [0.25, 0.3) is 0 Å². The van der Waals surface area contributed by atoms with E-state index in [-0.39, 0.29) is 24.6 Å². The smallest absolute Gasteiger partial charge is 0.422 e. The number of nitrogens with zero attached hydrogens (tertiary/aromatic N) is 2. The molecular formula is C18H26F3N3O3. The minimum atomic E-state index is -4.44. The molecule has 0 saturated heterocycles. The summed E-state index contributed by atoms with van der Waals surface area (Å²) in [7, 11) is 3.14. The fourth-order valence-electron chi connectivity index (χ4n) is 3.12. The second kappa shape index (κ2) is 9.77. The monoisotopic (exact) mass is 389 g/mol. The Morgan fingerprint density at radius 1 is 1.37 bits per heavy atom. The van der Waals surface area contributed by atoms with E-state index in [1.54, 1.807) is 13.1 Å². The number of hydrogen-bond acceptors (Lipinski definition) is 4. The highest BCUT2D eigenvalue weighted by Crippen LogP contribution is 2.25. The molecule has 1 aromatic rings. The molecule has 2 rings (SSSR count). The van der Waals surface area contributed by atoms with Crippen LogP contribution in [0.4, 0.5) is 18.0 Å². The number of nitrogens with one attached hydrogen (secondary N) is 1. The molecule has 1 aromatic heterocycles. The summed E-state index contributed by atoms with van der Waals surface area (Å²) < 4.78 is 46.9. The number of ether oxygens (including phenoxy) is 2. The summed E-state index contributed by atoms with van der Waals surface area (Å²) >= 11 is 0. The van der Waals surface area contributed by atoms with Crippen molar-refractivity contribution in [2.24, 2.45) is 0 Å². The Labute approximate surface area is 157 Å². The lowest BCUT2D eigenvalue weighted by Crippen LogP contribution is -2.46. The molecule has 1 N–H and O–H groups in total. The van der Waals surface area contributed by atoms with Crippen molar-refractivity contribution in [2.45, 2.75) is 50.4 Å². The molecule has 1 heterocycles. The first kappa shape index (κ1) is 21.3. The first-order chi connectivity index (χ1) is 12.8. The Kier molecular flexibility index (Phi) is 7.70. The lowest BCUT2D eigenvalue weighted by atomic mass is 9.96. The van der Waals surface area contributed by atoms with Crippen LogP contribution in [0.5, 0.6) is 5.88 Å². The Morgan fingerprint density at radius 2 is 2.07 bits per heavy atom. The number of methoxy groups -OCH3 is 1. The van der Waals surface area contributed by atoms with Gasteiger partial charge in [-0.25, -0.2) is 9.78 Å². The van der Waals surface area contributed by atoms with E-state index in [0.29, 0.717) is 5.56 Å². The van der Waals surface area contributed by atoms with Crippen molar-refractivity contribution in [3.8, 4) is 5.88 Å². The maximum atomic E-state index is 12.6. The highest BCUT2D eigenvalue weighted by Gasteiger charge is 2.29. The summed E-state index contributed by atoms with van der Waals surface area (Å²) in [5.74, 6) is -0.146. The third-order valence-electron chi connectivity index (χ3n) is 4.57. The summed E-state index contributed by atoms with van der Waals surface area (Å²) in [6, 6.07) is 2.47. The van der Waals surface area contributed by atoms with E-state index in [0.717, 1.165) is 25.7 Å². The average molecular weight is 389 g/mol. The molecule has 1 fully saturated rings. The van der Waals surface area contributed by atoms with Crippen LogP contribution in [-0.2, 0) is 4.74 Å². The Morgan fingerprint density at radius 3 is 2.70 bits per heavy atom. The van der Waals surface area contributed by atoms with Gasteiger partial charge in [0.2, 0.25) is 5.88 Å². The average Bonchev–Trinajstić information content (AvgIpc) is 2.64. The number of halogens is 3. The van der Waals surface area contributed by atoms with Gasteiger partial charge in [-0.2, -0.15) is 13.2 Å². The number of alkyl halides is 3. The third kappa shape index (κ3) is 6.89. The van der Waals surface area contributed by atoms with Gasteiger partial charge in [-0.15, -0.1) is 0 Å². The lowest BCUT2D eigenvalue weighted by molar-refractivity contribution is -0.154. The number of urea groups is 1. The predicted octanol–water partition coefficient (Wildman–Crippen LogP) is 3.68. The number of amides is 2. The molecular weight excluding hydrogens is 363 g/mol. The van der Waals surface area contributed by atoms with Crippen molar-refractivity contribution in [1.29, 1.82) is 0 Å². The van der Waals surface area contributed by atoms with E-state index in [4.69, 9.17) is 9.47 Å². The van der Waals surface area contributed by atoms with Crippen LogP contribution in [0.2, 0.25) is 0 Å². The van der Waals surface area contributed by atoms with Crippen LogP contribution in [0.15, 0.2) is 18.3 Å². The molecule has 0 spiro atoms. The van der Waals surface area contributed by atoms with E-state index in [2.05, 4.69) is 10.3 Å². The van der Waals surface area contributed by atoms with Crippen LogP contribution in [0.25, 0.3) is 0 Å². The van der Waals surface area contributed by atoms with Crippen LogP contribution >= 0.6 is 0 Å². The van der Waals surface area contributed by atoms with Crippen LogP contribution in [0, 0.1) is 0 Å². The zero-order chi connectivity index (χ0) is 19.9. The molecule has 0 aliphatic heterocycles. The van der Waals surface area contributed by atoms with Crippen molar-refractivity contribution < 1.29 is 27.4 Å². The minimum Gasteiger partial charge on any atom is -0.468 e. The summed E-state index contributed by atoms with van der Waals surface area (Å²) in [5.41, 5.74) is 0.588. The second-order valence-electron chi connectivity index (χ2n) is 6.70. The zero-order valence-corrected chi connectivity index (χ0v) is 15.6. The van der Waals surface area contributed by atoms with Gasteiger partial charge in [-0.1, -0.05) is 19.3 Å². The Bertz CT molecular complexity index is 607. The van der Waals surface area contributed by atoms with Crippen LogP contribution < -0.4 is 10.1 Å². The van der Waals surface area contributed by atoms with Crippen molar-refractivity contribution in [1.82, 2.24) is 15.2 Å². The molecule has 2 amide bonds. The topological polar surface area (TPSA) is 63.7 Å². The number of hydrogen-bond donors (Lipinski definition) is 1. The van der Waals surface area contributed by atoms with E-state index >= 15 is 0 Å². The van der Waals surface area contributed by atoms with Gasteiger partial charge < -0.3 is 19.7 Å². The van der Waals surface area contributed by atoms with Crippen molar-refractivity contribution in [3.05, 3.63) is 23.9 Å². The largest absolute Gasteiger partial charge is 0.468 e. The maximum Gasteiger partial charge on any atom is 0.422 e. The van der Waals surface area contributed by atoms with Crippen LogP contribution in [0.1, 0.15) is 43.7 Å². The molecule has 27 heavy (non-hydrogen) atoms. The third-order valence-corrected chi connectivity index (χ3v) is 4.57. The van der Waals surface area contributed by atoms with Crippen molar-refractivity contribution >= 4 is 6.03 Å². The maximum absolute atomic E-state index is 12.6. The fourth-order valence-corrected chi connectivity index (χ4v) is 3.12. The standard InChI is InChI=1S/C18H26F3N3O3/c1-24(17(25)23-14-6-4-3-5-7-14)15(11-26-2)13-8-9-22-16(10-13)27-12-18(19,20)21/h8-10,14-15H,3-7,11-12H2,1-2H3,(H,23,25). The Balaban J connectivity index is 2.07. The van der Waals surface area contributed by atoms with Gasteiger partial charge in [0.1, 0.15) is 0 Å². The number of rotatable bonds is 7. The molecule has 9 heteroatoms. The molecule has 1 aliphatic carbocycles. The van der Waals surface area contributed by atoms with Gasteiger partial charge in [0, 0.05) is 32.5 Å². The summed E-state index contributed by atoms with van der Waals surface area (Å²) in [4.78, 5) is 17.9. The van der Waals surface area contributed by atoms with Gasteiger partial charge in [0.05, 0.1) is 12.6 Å².